The summed E-state index contributed by atoms with van der Waals surface area (Å²) in [7, 11) is 0. The number of hydrogen-bond acceptors (Lipinski definition) is 2. The Morgan fingerprint density at radius 1 is 1.33 bits per heavy atom. The van der Waals surface area contributed by atoms with Crippen LogP contribution in [0, 0.1) is 5.92 Å². The second-order valence-corrected chi connectivity index (χ2v) is 4.82. The molecule has 3 nitrogen and oxygen atoms in total. The van der Waals surface area contributed by atoms with E-state index in [1.807, 2.05) is 30.3 Å². The summed E-state index contributed by atoms with van der Waals surface area (Å²) < 4.78 is 0. The molecule has 1 saturated carbocycles. The summed E-state index contributed by atoms with van der Waals surface area (Å²) in [6, 6.07) is 9.74. The van der Waals surface area contributed by atoms with Gasteiger partial charge in [0.25, 0.3) is 0 Å². The Labute approximate surface area is 108 Å². The molecule has 1 aromatic rings. The maximum Gasteiger partial charge on any atom is 0.244 e. The zero-order chi connectivity index (χ0) is 12.8. The molecule has 96 valence electrons. The lowest BCUT2D eigenvalue weighted by Gasteiger charge is -2.09. The molecule has 1 fully saturated rings. The highest BCUT2D eigenvalue weighted by Crippen LogP contribution is 2.24. The van der Waals surface area contributed by atoms with Gasteiger partial charge in [-0.15, -0.1) is 0 Å². The van der Waals surface area contributed by atoms with Crippen molar-refractivity contribution in [2.75, 3.05) is 6.54 Å². The highest BCUT2D eigenvalue weighted by molar-refractivity contribution is 5.91. The summed E-state index contributed by atoms with van der Waals surface area (Å²) in [6.45, 7) is 0.662. The number of rotatable bonds is 4. The molecule has 2 atom stereocenters. The Morgan fingerprint density at radius 3 is 2.78 bits per heavy atom. The van der Waals surface area contributed by atoms with E-state index < -0.39 is 0 Å². The second kappa shape index (κ2) is 6.36. The number of carbonyl (C=O) groups excluding carboxylic acids is 1. The summed E-state index contributed by atoms with van der Waals surface area (Å²) in [5.74, 6) is 0.356. The van der Waals surface area contributed by atoms with E-state index in [1.54, 1.807) is 12.2 Å². The van der Waals surface area contributed by atoms with E-state index >= 15 is 0 Å². The average molecular weight is 245 g/mol. The molecular formula is C15H19NO2. The number of benzene rings is 1. The quantitative estimate of drug-likeness (QED) is 0.797. The first-order chi connectivity index (χ1) is 8.74. The summed E-state index contributed by atoms with van der Waals surface area (Å²) in [6.07, 6.45) is 5.86. The minimum Gasteiger partial charge on any atom is -0.393 e. The molecule has 0 heterocycles. The standard InChI is InChI=1S/C15H19NO2/c17-14-8-6-13(10-14)11-16-15(18)9-7-12-4-2-1-3-5-12/h1-5,7,9,13-14,17H,6,8,10-11H2,(H,16,18)/b9-7+. The fraction of sp³-hybridized carbons (Fsp3) is 0.400. The number of aliphatic hydroxyl groups excluding tert-OH is 1. The van der Waals surface area contributed by atoms with Crippen molar-refractivity contribution in [1.82, 2.24) is 5.32 Å². The van der Waals surface area contributed by atoms with Crippen LogP contribution in [0.3, 0.4) is 0 Å². The summed E-state index contributed by atoms with van der Waals surface area (Å²) in [5.41, 5.74) is 1.02. The van der Waals surface area contributed by atoms with Gasteiger partial charge in [-0.05, 0) is 36.8 Å². The molecule has 0 aromatic heterocycles. The zero-order valence-corrected chi connectivity index (χ0v) is 10.4. The molecule has 2 rings (SSSR count). The minimum absolute atomic E-state index is 0.0692. The fourth-order valence-electron chi connectivity index (χ4n) is 2.27. The SMILES string of the molecule is O=C(/C=C/c1ccccc1)NCC1CCC(O)C1. The number of hydrogen-bond donors (Lipinski definition) is 2. The number of carbonyl (C=O) groups is 1. The van der Waals surface area contributed by atoms with E-state index in [2.05, 4.69) is 5.32 Å². The minimum atomic E-state index is -0.174. The first-order valence-corrected chi connectivity index (χ1v) is 6.43. The van der Waals surface area contributed by atoms with Gasteiger partial charge in [0, 0.05) is 12.6 Å². The molecule has 2 unspecified atom stereocenters. The van der Waals surface area contributed by atoms with Gasteiger partial charge in [0.2, 0.25) is 5.91 Å². The van der Waals surface area contributed by atoms with Crippen molar-refractivity contribution in [3.8, 4) is 0 Å². The van der Waals surface area contributed by atoms with E-state index in [9.17, 15) is 9.90 Å². The average Bonchev–Trinajstić information content (AvgIpc) is 2.81. The highest BCUT2D eigenvalue weighted by atomic mass is 16.3. The van der Waals surface area contributed by atoms with Crippen molar-refractivity contribution >= 4 is 12.0 Å². The van der Waals surface area contributed by atoms with Crippen LogP contribution in [0.25, 0.3) is 6.08 Å². The maximum absolute atomic E-state index is 11.6. The van der Waals surface area contributed by atoms with Gasteiger partial charge in [-0.1, -0.05) is 30.3 Å². The van der Waals surface area contributed by atoms with Crippen LogP contribution in [0.15, 0.2) is 36.4 Å². The summed E-state index contributed by atoms with van der Waals surface area (Å²) in [5, 5.41) is 12.3. The second-order valence-electron chi connectivity index (χ2n) is 4.82. The van der Waals surface area contributed by atoms with Gasteiger partial charge in [0.05, 0.1) is 6.10 Å². The van der Waals surface area contributed by atoms with E-state index in [-0.39, 0.29) is 12.0 Å². The molecule has 0 aliphatic heterocycles. The van der Waals surface area contributed by atoms with Crippen molar-refractivity contribution in [2.24, 2.45) is 5.92 Å². The number of aliphatic hydroxyl groups is 1. The smallest absolute Gasteiger partial charge is 0.244 e. The van der Waals surface area contributed by atoms with Crippen LogP contribution in [0.2, 0.25) is 0 Å². The van der Waals surface area contributed by atoms with E-state index in [4.69, 9.17) is 0 Å². The Bertz CT molecular complexity index is 414. The van der Waals surface area contributed by atoms with Crippen LogP contribution in [0.1, 0.15) is 24.8 Å². The molecule has 1 amide bonds. The molecule has 1 aromatic carbocycles. The van der Waals surface area contributed by atoms with Crippen molar-refractivity contribution in [1.29, 1.82) is 0 Å². The Morgan fingerprint density at radius 2 is 2.11 bits per heavy atom. The van der Waals surface area contributed by atoms with Gasteiger partial charge in [-0.25, -0.2) is 0 Å². The van der Waals surface area contributed by atoms with Crippen LogP contribution < -0.4 is 5.32 Å². The topological polar surface area (TPSA) is 49.3 Å². The molecule has 0 saturated heterocycles. The molecule has 0 spiro atoms. The Balaban J connectivity index is 1.74. The van der Waals surface area contributed by atoms with E-state index in [0.29, 0.717) is 12.5 Å². The molecule has 1 aliphatic carbocycles. The summed E-state index contributed by atoms with van der Waals surface area (Å²) in [4.78, 5) is 11.6. The Hall–Kier alpha value is -1.61. The van der Waals surface area contributed by atoms with Crippen LogP contribution in [-0.4, -0.2) is 23.7 Å². The van der Waals surface area contributed by atoms with Crippen LogP contribution in [-0.2, 0) is 4.79 Å². The maximum atomic E-state index is 11.6. The van der Waals surface area contributed by atoms with E-state index in [0.717, 1.165) is 24.8 Å². The number of nitrogens with one attached hydrogen (secondary N) is 1. The van der Waals surface area contributed by atoms with Gasteiger partial charge in [-0.3, -0.25) is 4.79 Å². The summed E-state index contributed by atoms with van der Waals surface area (Å²) >= 11 is 0. The largest absolute Gasteiger partial charge is 0.393 e. The first kappa shape index (κ1) is 12.8. The molecule has 3 heteroatoms. The Kier molecular flexibility index (Phi) is 4.53. The third kappa shape index (κ3) is 4.00. The van der Waals surface area contributed by atoms with Gasteiger partial charge < -0.3 is 10.4 Å². The third-order valence-electron chi connectivity index (χ3n) is 3.31. The lowest BCUT2D eigenvalue weighted by molar-refractivity contribution is -0.116. The highest BCUT2D eigenvalue weighted by Gasteiger charge is 2.22. The lowest BCUT2D eigenvalue weighted by Crippen LogP contribution is -2.26. The van der Waals surface area contributed by atoms with Crippen molar-refractivity contribution in [3.05, 3.63) is 42.0 Å². The molecule has 2 N–H and O–H groups in total. The van der Waals surface area contributed by atoms with Gasteiger partial charge in [0.1, 0.15) is 0 Å². The molecule has 0 bridgehead atoms. The first-order valence-electron chi connectivity index (χ1n) is 6.43. The van der Waals surface area contributed by atoms with Gasteiger partial charge in [-0.2, -0.15) is 0 Å². The molecule has 1 aliphatic rings. The van der Waals surface area contributed by atoms with Gasteiger partial charge >= 0.3 is 0 Å². The van der Waals surface area contributed by atoms with Crippen molar-refractivity contribution in [2.45, 2.75) is 25.4 Å². The molecule has 18 heavy (non-hydrogen) atoms. The predicted molar refractivity (Wildman–Crippen MR) is 71.8 cm³/mol. The van der Waals surface area contributed by atoms with Gasteiger partial charge in [0.15, 0.2) is 0 Å². The monoisotopic (exact) mass is 245 g/mol. The third-order valence-corrected chi connectivity index (χ3v) is 3.31. The fourth-order valence-corrected chi connectivity index (χ4v) is 2.27. The van der Waals surface area contributed by atoms with Crippen LogP contribution in [0.5, 0.6) is 0 Å². The number of amides is 1. The van der Waals surface area contributed by atoms with E-state index in [1.165, 1.54) is 0 Å². The predicted octanol–water partition coefficient (Wildman–Crippen LogP) is 1.98. The molecular weight excluding hydrogens is 226 g/mol. The molecule has 0 radical (unpaired) electrons. The normalized spacial score (nSPS) is 23.4. The van der Waals surface area contributed by atoms with Crippen molar-refractivity contribution in [3.63, 3.8) is 0 Å². The lowest BCUT2D eigenvalue weighted by atomic mass is 10.1. The van der Waals surface area contributed by atoms with Crippen LogP contribution in [0.4, 0.5) is 0 Å². The zero-order valence-electron chi connectivity index (χ0n) is 10.4. The van der Waals surface area contributed by atoms with Crippen LogP contribution >= 0.6 is 0 Å². The van der Waals surface area contributed by atoms with Crippen molar-refractivity contribution < 1.29 is 9.90 Å².